The van der Waals surface area contributed by atoms with Gasteiger partial charge in [0.25, 0.3) is 17.3 Å². The van der Waals surface area contributed by atoms with Gasteiger partial charge in [-0.1, -0.05) is 0 Å². The van der Waals surface area contributed by atoms with Crippen LogP contribution in [0.1, 0.15) is 83.8 Å². The molecule has 1 aromatic heterocycles. The summed E-state index contributed by atoms with van der Waals surface area (Å²) in [6.07, 6.45) is 5.43. The zero-order valence-corrected chi connectivity index (χ0v) is 23.7. The fourth-order valence-corrected chi connectivity index (χ4v) is 7.45. The molecule has 7 rings (SSSR count). The summed E-state index contributed by atoms with van der Waals surface area (Å²) in [5, 5.41) is 3.67. The van der Waals surface area contributed by atoms with Crippen molar-refractivity contribution >= 4 is 5.91 Å². The molecule has 1 aromatic carbocycles. The van der Waals surface area contributed by atoms with E-state index in [4.69, 9.17) is 14.2 Å². The van der Waals surface area contributed by atoms with Crippen LogP contribution in [0.4, 0.5) is 4.39 Å². The van der Waals surface area contributed by atoms with E-state index in [1.807, 2.05) is 33.8 Å². The van der Waals surface area contributed by atoms with Crippen molar-refractivity contribution in [2.75, 3.05) is 19.8 Å². The molecule has 1 atom stereocenters. The van der Waals surface area contributed by atoms with Crippen LogP contribution in [0.25, 0.3) is 0 Å². The van der Waals surface area contributed by atoms with E-state index >= 15 is 4.39 Å². The lowest BCUT2D eigenvalue weighted by Crippen LogP contribution is -2.53. The van der Waals surface area contributed by atoms with Crippen molar-refractivity contribution in [1.29, 1.82) is 0 Å². The Balaban J connectivity index is 1.17. The smallest absolute Gasteiger partial charge is 0.255 e. The number of carbonyl (C=O) groups is 1. The van der Waals surface area contributed by atoms with Gasteiger partial charge in [-0.25, -0.2) is 4.39 Å². The Kier molecular flexibility index (Phi) is 5.88. The fraction of sp³-hybridized carbons (Fsp3) is 0.613. The largest absolute Gasteiger partial charge is 0.448 e. The molecule has 2 N–H and O–H groups in total. The number of aryl methyl sites for hydroxylation is 2. The third kappa shape index (κ3) is 3.99. The Morgan fingerprint density at radius 2 is 1.75 bits per heavy atom. The SMILES string of the molecule is Cc1cc(C)c(CN2CC3(CC3)c3c(F)c4c(c(C)c3C2=O)O[C@@](C)(C2CCC(NC3COC3)CC2)O4)c(=O)[nH]1. The minimum absolute atomic E-state index is 0.116. The average Bonchev–Trinajstić information content (AvgIpc) is 3.55. The van der Waals surface area contributed by atoms with E-state index in [1.54, 1.807) is 4.90 Å². The molecule has 1 amide bonds. The normalized spacial score (nSPS) is 28.5. The van der Waals surface area contributed by atoms with Crippen molar-refractivity contribution in [3.05, 3.63) is 55.7 Å². The molecule has 2 saturated carbocycles. The molecule has 2 aromatic rings. The van der Waals surface area contributed by atoms with Gasteiger partial charge < -0.3 is 29.4 Å². The summed E-state index contributed by atoms with van der Waals surface area (Å²) >= 11 is 0. The number of aromatic amines is 1. The Bertz CT molecular complexity index is 1450. The Hall–Kier alpha value is -2.91. The highest BCUT2D eigenvalue weighted by molar-refractivity contribution is 6.00. The van der Waals surface area contributed by atoms with Crippen LogP contribution in [0.3, 0.4) is 0 Å². The lowest BCUT2D eigenvalue weighted by atomic mass is 9.81. The number of H-pyrrole nitrogens is 1. The van der Waals surface area contributed by atoms with E-state index in [0.29, 0.717) is 46.6 Å². The van der Waals surface area contributed by atoms with Gasteiger partial charge in [-0.2, -0.15) is 0 Å². The molecule has 1 saturated heterocycles. The first-order chi connectivity index (χ1) is 19.1. The molecular formula is C31H38FN3O5. The second-order valence-electron chi connectivity index (χ2n) is 12.9. The number of nitrogens with one attached hydrogen (secondary N) is 2. The van der Waals surface area contributed by atoms with E-state index in [2.05, 4.69) is 10.3 Å². The Morgan fingerprint density at radius 3 is 2.38 bits per heavy atom. The first kappa shape index (κ1) is 26.0. The molecule has 1 spiro atoms. The number of halogens is 1. The topological polar surface area (TPSA) is 92.9 Å². The highest BCUT2D eigenvalue weighted by Gasteiger charge is 2.57. The first-order valence-electron chi connectivity index (χ1n) is 14.7. The Labute approximate surface area is 233 Å². The number of pyridine rings is 1. The van der Waals surface area contributed by atoms with Gasteiger partial charge in [-0.05, 0) is 70.9 Å². The number of hydrogen-bond acceptors (Lipinski definition) is 6. The molecule has 8 nitrogen and oxygen atoms in total. The zero-order chi connectivity index (χ0) is 28.0. The number of hydrogen-bond donors (Lipinski definition) is 2. The molecule has 3 fully saturated rings. The van der Waals surface area contributed by atoms with Crippen molar-refractivity contribution in [2.24, 2.45) is 5.92 Å². The molecule has 40 heavy (non-hydrogen) atoms. The molecule has 0 bridgehead atoms. The quantitative estimate of drug-likeness (QED) is 0.580. The van der Waals surface area contributed by atoms with Crippen molar-refractivity contribution in [1.82, 2.24) is 15.2 Å². The maximum atomic E-state index is 16.4. The van der Waals surface area contributed by atoms with Gasteiger partial charge in [0.1, 0.15) is 0 Å². The van der Waals surface area contributed by atoms with Gasteiger partial charge >= 0.3 is 0 Å². The van der Waals surface area contributed by atoms with Gasteiger partial charge in [0.15, 0.2) is 11.6 Å². The van der Waals surface area contributed by atoms with Crippen LogP contribution in [-0.2, 0) is 16.7 Å². The molecule has 4 heterocycles. The predicted molar refractivity (Wildman–Crippen MR) is 146 cm³/mol. The van der Waals surface area contributed by atoms with Crippen LogP contribution in [0.15, 0.2) is 10.9 Å². The van der Waals surface area contributed by atoms with Crippen molar-refractivity contribution in [3.8, 4) is 11.5 Å². The number of carbonyl (C=O) groups excluding carboxylic acids is 1. The summed E-state index contributed by atoms with van der Waals surface area (Å²) in [6.45, 7) is 9.63. The average molecular weight is 552 g/mol. The first-order valence-corrected chi connectivity index (χ1v) is 14.7. The van der Waals surface area contributed by atoms with E-state index in [1.165, 1.54) is 0 Å². The van der Waals surface area contributed by atoms with Crippen molar-refractivity contribution in [3.63, 3.8) is 0 Å². The number of aromatic nitrogens is 1. The molecule has 5 aliphatic rings. The lowest BCUT2D eigenvalue weighted by Gasteiger charge is -2.39. The van der Waals surface area contributed by atoms with Gasteiger partial charge in [0.2, 0.25) is 5.75 Å². The maximum absolute atomic E-state index is 16.4. The van der Waals surface area contributed by atoms with Crippen LogP contribution in [0, 0.1) is 32.5 Å². The predicted octanol–water partition coefficient (Wildman–Crippen LogP) is 4.16. The summed E-state index contributed by atoms with van der Waals surface area (Å²) in [4.78, 5) is 31.3. The molecule has 0 unspecified atom stereocenters. The van der Waals surface area contributed by atoms with Crippen molar-refractivity contribution < 1.29 is 23.4 Å². The van der Waals surface area contributed by atoms with Crippen LogP contribution < -0.4 is 20.3 Å². The number of nitrogens with zero attached hydrogens (tertiary/aromatic N) is 1. The number of amides is 1. The minimum Gasteiger partial charge on any atom is -0.448 e. The molecule has 3 aliphatic heterocycles. The minimum atomic E-state index is -0.978. The number of benzene rings is 1. The van der Waals surface area contributed by atoms with Gasteiger partial charge in [0, 0.05) is 53.2 Å². The molecule has 2 aliphatic carbocycles. The summed E-state index contributed by atoms with van der Waals surface area (Å²) in [6, 6.07) is 2.82. The highest BCUT2D eigenvalue weighted by Crippen LogP contribution is 2.59. The third-order valence-electron chi connectivity index (χ3n) is 10.00. The monoisotopic (exact) mass is 551 g/mol. The van der Waals surface area contributed by atoms with Gasteiger partial charge in [-0.3, -0.25) is 9.59 Å². The molecule has 0 radical (unpaired) electrons. The summed E-state index contributed by atoms with van der Waals surface area (Å²) < 4.78 is 34.5. The van der Waals surface area contributed by atoms with Crippen LogP contribution in [0.5, 0.6) is 11.5 Å². The number of fused-ring (bicyclic) bond motifs is 3. The van der Waals surface area contributed by atoms with E-state index < -0.39 is 17.0 Å². The van der Waals surface area contributed by atoms with Crippen molar-refractivity contribution in [2.45, 2.75) is 96.1 Å². The summed E-state index contributed by atoms with van der Waals surface area (Å²) in [7, 11) is 0. The van der Waals surface area contributed by atoms with Gasteiger partial charge in [0.05, 0.1) is 31.4 Å². The standard InChI is InChI=1S/C31H38FN3O5/c1-16-11-17(2)33-28(36)22(16)12-35-15-31(9-10-31)24-23(29(35)37)18(3)26-27(25(24)32)40-30(4,39-26)19-5-7-20(8-6-19)34-21-13-38-14-21/h11,19-21,34H,5-10,12-15H2,1-4H3,(H,33,36)/t19?,20?,30-/m1/s1. The maximum Gasteiger partial charge on any atom is 0.255 e. The summed E-state index contributed by atoms with van der Waals surface area (Å²) in [5.41, 5.74) is 3.05. The Morgan fingerprint density at radius 1 is 1.05 bits per heavy atom. The van der Waals surface area contributed by atoms with E-state index in [9.17, 15) is 9.59 Å². The van der Waals surface area contributed by atoms with Gasteiger partial charge in [-0.15, -0.1) is 0 Å². The van der Waals surface area contributed by atoms with E-state index in [0.717, 1.165) is 63.0 Å². The van der Waals surface area contributed by atoms with E-state index in [-0.39, 0.29) is 29.7 Å². The summed E-state index contributed by atoms with van der Waals surface area (Å²) in [5.74, 6) is -1.06. The second-order valence-corrected chi connectivity index (χ2v) is 12.9. The third-order valence-corrected chi connectivity index (χ3v) is 10.00. The molecule has 214 valence electrons. The highest BCUT2D eigenvalue weighted by atomic mass is 19.1. The van der Waals surface area contributed by atoms with Crippen LogP contribution in [-0.4, -0.2) is 53.4 Å². The van der Waals surface area contributed by atoms with Crippen LogP contribution >= 0.6 is 0 Å². The number of ether oxygens (including phenoxy) is 3. The lowest BCUT2D eigenvalue weighted by molar-refractivity contribution is -0.123. The fourth-order valence-electron chi connectivity index (χ4n) is 7.45. The number of rotatable bonds is 5. The molecular weight excluding hydrogens is 513 g/mol. The molecule has 9 heteroatoms. The van der Waals surface area contributed by atoms with Crippen LogP contribution in [0.2, 0.25) is 0 Å². The zero-order valence-electron chi connectivity index (χ0n) is 23.7. The second kappa shape index (κ2) is 9.05.